The van der Waals surface area contributed by atoms with Crippen molar-refractivity contribution in [3.8, 4) is 5.75 Å². The summed E-state index contributed by atoms with van der Waals surface area (Å²) in [6, 6.07) is 10.6. The quantitative estimate of drug-likeness (QED) is 0.786. The Morgan fingerprint density at radius 1 is 1.29 bits per heavy atom. The normalized spacial score (nSPS) is 13.4. The largest absolute Gasteiger partial charge is 0.466 e. The molecule has 6 heteroatoms. The number of benzene rings is 2. The summed E-state index contributed by atoms with van der Waals surface area (Å²) in [5.41, 5.74) is 1.79. The third kappa shape index (κ3) is 2.74. The maximum atomic E-state index is 13.7. The van der Waals surface area contributed by atoms with Gasteiger partial charge in [-0.3, -0.25) is 4.79 Å². The molecule has 0 radical (unpaired) electrons. The predicted molar refractivity (Wildman–Crippen MR) is 89.7 cm³/mol. The Hall–Kier alpha value is -2.44. The van der Waals surface area contributed by atoms with E-state index < -0.39 is 5.82 Å². The minimum Gasteiger partial charge on any atom is -0.466 e. The molecule has 1 aliphatic rings. The lowest BCUT2D eigenvalue weighted by atomic mass is 10.1. The number of fused-ring (bicyclic) bond motifs is 2. The highest BCUT2D eigenvalue weighted by Gasteiger charge is 2.21. The second kappa shape index (κ2) is 6.22. The van der Waals surface area contributed by atoms with Crippen LogP contribution in [0.5, 0.6) is 5.75 Å². The molecule has 2 aromatic carbocycles. The molecule has 1 aliphatic heterocycles. The molecule has 0 bridgehead atoms. The fraction of sp³-hybridized carbons (Fsp3) is 0.167. The summed E-state index contributed by atoms with van der Waals surface area (Å²) in [6.45, 7) is 0.682. The summed E-state index contributed by atoms with van der Waals surface area (Å²) in [4.78, 5) is 12.5. The van der Waals surface area contributed by atoms with Crippen molar-refractivity contribution in [2.75, 3.05) is 6.79 Å². The van der Waals surface area contributed by atoms with Crippen LogP contribution in [0, 0.1) is 5.82 Å². The van der Waals surface area contributed by atoms with Crippen molar-refractivity contribution in [3.05, 3.63) is 64.3 Å². The van der Waals surface area contributed by atoms with E-state index in [2.05, 4.69) is 5.32 Å². The lowest BCUT2D eigenvalue weighted by molar-refractivity contribution is -0.0170. The first-order valence-electron chi connectivity index (χ1n) is 7.48. The summed E-state index contributed by atoms with van der Waals surface area (Å²) in [5, 5.41) is 5.99. The van der Waals surface area contributed by atoms with E-state index in [9.17, 15) is 9.18 Å². The van der Waals surface area contributed by atoms with Crippen LogP contribution in [0.4, 0.5) is 4.39 Å². The Balaban J connectivity index is 1.58. The smallest absolute Gasteiger partial charge is 0.255 e. The molecular formula is C18H14FNO3S. The Labute approximate surface area is 141 Å². The van der Waals surface area contributed by atoms with Crippen LogP contribution >= 0.6 is 11.3 Å². The molecule has 1 amide bonds. The second-order valence-corrected chi connectivity index (χ2v) is 6.40. The van der Waals surface area contributed by atoms with E-state index in [1.165, 1.54) is 16.8 Å². The average molecular weight is 343 g/mol. The number of rotatable bonds is 3. The number of nitrogens with one attached hydrogen (secondary N) is 1. The van der Waals surface area contributed by atoms with Gasteiger partial charge < -0.3 is 14.8 Å². The first-order chi connectivity index (χ1) is 11.7. The van der Waals surface area contributed by atoms with E-state index in [0.29, 0.717) is 17.9 Å². The molecule has 0 saturated carbocycles. The number of carbonyl (C=O) groups is 1. The fourth-order valence-corrected chi connectivity index (χ4v) is 3.75. The number of ether oxygens (including phenoxy) is 2. The highest BCUT2D eigenvalue weighted by molar-refractivity contribution is 7.17. The van der Waals surface area contributed by atoms with Gasteiger partial charge in [0.05, 0.1) is 12.2 Å². The molecule has 122 valence electrons. The van der Waals surface area contributed by atoms with E-state index in [1.54, 1.807) is 11.3 Å². The number of thiophene rings is 1. The van der Waals surface area contributed by atoms with Gasteiger partial charge >= 0.3 is 0 Å². The van der Waals surface area contributed by atoms with Crippen LogP contribution in [0.1, 0.15) is 21.5 Å². The van der Waals surface area contributed by atoms with Crippen LogP contribution in [0.3, 0.4) is 0 Å². The van der Waals surface area contributed by atoms with Crippen molar-refractivity contribution in [1.82, 2.24) is 5.32 Å². The Kier molecular flexibility index (Phi) is 3.92. The summed E-state index contributed by atoms with van der Waals surface area (Å²) >= 11 is 1.63. The highest BCUT2D eigenvalue weighted by Crippen LogP contribution is 2.30. The maximum absolute atomic E-state index is 13.7. The van der Waals surface area contributed by atoms with E-state index in [-0.39, 0.29) is 24.9 Å². The highest BCUT2D eigenvalue weighted by atomic mass is 32.1. The van der Waals surface area contributed by atoms with E-state index >= 15 is 0 Å². The number of halogens is 1. The monoisotopic (exact) mass is 343 g/mol. The van der Waals surface area contributed by atoms with Crippen molar-refractivity contribution in [2.24, 2.45) is 0 Å². The van der Waals surface area contributed by atoms with Gasteiger partial charge in [0.25, 0.3) is 5.91 Å². The molecule has 3 aromatic rings. The van der Waals surface area contributed by atoms with E-state index in [0.717, 1.165) is 10.9 Å². The molecule has 2 heterocycles. The molecule has 4 nitrogen and oxygen atoms in total. The van der Waals surface area contributed by atoms with Gasteiger partial charge in [0, 0.05) is 16.8 Å². The van der Waals surface area contributed by atoms with Crippen LogP contribution in [0.15, 0.2) is 41.8 Å². The van der Waals surface area contributed by atoms with E-state index in [4.69, 9.17) is 9.47 Å². The third-order valence-electron chi connectivity index (χ3n) is 3.92. The predicted octanol–water partition coefficient (Wildman–Crippen LogP) is 3.84. The third-order valence-corrected chi connectivity index (χ3v) is 4.93. The molecular weight excluding hydrogens is 329 g/mol. The molecule has 0 saturated heterocycles. The van der Waals surface area contributed by atoms with Gasteiger partial charge in [0.1, 0.15) is 11.6 Å². The van der Waals surface area contributed by atoms with Crippen molar-refractivity contribution in [1.29, 1.82) is 0 Å². The Morgan fingerprint density at radius 2 is 2.17 bits per heavy atom. The molecule has 0 spiro atoms. The topological polar surface area (TPSA) is 47.6 Å². The van der Waals surface area contributed by atoms with Crippen molar-refractivity contribution in [3.63, 3.8) is 0 Å². The number of amides is 1. The molecule has 1 N–H and O–H groups in total. The first-order valence-corrected chi connectivity index (χ1v) is 8.36. The van der Waals surface area contributed by atoms with Gasteiger partial charge in [-0.1, -0.05) is 18.2 Å². The number of hydrogen-bond acceptors (Lipinski definition) is 4. The van der Waals surface area contributed by atoms with Crippen LogP contribution in [0.25, 0.3) is 10.1 Å². The summed E-state index contributed by atoms with van der Waals surface area (Å²) in [5.74, 6) is -0.438. The molecule has 0 unspecified atom stereocenters. The average Bonchev–Trinajstić information content (AvgIpc) is 3.02. The van der Waals surface area contributed by atoms with Gasteiger partial charge in [0.2, 0.25) is 0 Å². The van der Waals surface area contributed by atoms with Crippen molar-refractivity contribution in [2.45, 2.75) is 13.2 Å². The standard InChI is InChI=1S/C18H14FNO3S/c19-13-5-11-8-22-10-23-17(11)15(6-13)18(21)20-7-12-9-24-16-4-2-1-3-14(12)16/h1-6,9H,7-8,10H2,(H,20,21). The second-order valence-electron chi connectivity index (χ2n) is 5.49. The van der Waals surface area contributed by atoms with Crippen LogP contribution in [0.2, 0.25) is 0 Å². The summed E-state index contributed by atoms with van der Waals surface area (Å²) in [6.07, 6.45) is 0. The minimum absolute atomic E-state index is 0.0636. The first kappa shape index (κ1) is 15.1. The fourth-order valence-electron chi connectivity index (χ4n) is 2.79. The molecule has 0 fully saturated rings. The molecule has 0 atom stereocenters. The van der Waals surface area contributed by atoms with Gasteiger partial charge in [-0.05, 0) is 34.5 Å². The van der Waals surface area contributed by atoms with Gasteiger partial charge in [-0.15, -0.1) is 11.3 Å². The van der Waals surface area contributed by atoms with Crippen LogP contribution in [-0.4, -0.2) is 12.7 Å². The molecule has 1 aromatic heterocycles. The minimum atomic E-state index is -0.478. The van der Waals surface area contributed by atoms with Crippen molar-refractivity contribution < 1.29 is 18.7 Å². The molecule has 24 heavy (non-hydrogen) atoms. The van der Waals surface area contributed by atoms with Gasteiger partial charge in [-0.2, -0.15) is 0 Å². The molecule has 4 rings (SSSR count). The van der Waals surface area contributed by atoms with Crippen molar-refractivity contribution >= 4 is 27.3 Å². The zero-order chi connectivity index (χ0) is 16.5. The maximum Gasteiger partial charge on any atom is 0.255 e. The SMILES string of the molecule is O=C(NCc1csc2ccccc12)c1cc(F)cc2c1OCOC2. The lowest BCUT2D eigenvalue weighted by Gasteiger charge is -2.20. The van der Waals surface area contributed by atoms with Gasteiger partial charge in [0.15, 0.2) is 6.79 Å². The van der Waals surface area contributed by atoms with Gasteiger partial charge in [-0.25, -0.2) is 4.39 Å². The Bertz CT molecular complexity index is 922. The van der Waals surface area contributed by atoms with E-state index in [1.807, 2.05) is 29.6 Å². The zero-order valence-electron chi connectivity index (χ0n) is 12.7. The number of carbonyl (C=O) groups excluding carboxylic acids is 1. The summed E-state index contributed by atoms with van der Waals surface area (Å²) in [7, 11) is 0. The van der Waals surface area contributed by atoms with Crippen LogP contribution in [-0.2, 0) is 17.9 Å². The zero-order valence-corrected chi connectivity index (χ0v) is 13.5. The molecule has 0 aliphatic carbocycles. The summed E-state index contributed by atoms with van der Waals surface area (Å²) < 4.78 is 25.4. The van der Waals surface area contributed by atoms with Crippen LogP contribution < -0.4 is 10.1 Å². The Morgan fingerprint density at radius 3 is 3.08 bits per heavy atom. The number of hydrogen-bond donors (Lipinski definition) is 1. The lowest BCUT2D eigenvalue weighted by Crippen LogP contribution is -2.25.